The van der Waals surface area contributed by atoms with E-state index >= 15 is 0 Å². The van der Waals surface area contributed by atoms with Crippen LogP contribution in [-0.2, 0) is 19.4 Å². The zero-order valence-corrected chi connectivity index (χ0v) is 17.8. The van der Waals surface area contributed by atoms with Gasteiger partial charge in [-0.15, -0.1) is 11.8 Å². The number of H-pyrrole nitrogens is 1. The van der Waals surface area contributed by atoms with Gasteiger partial charge in [0.1, 0.15) is 0 Å². The van der Waals surface area contributed by atoms with Gasteiger partial charge in [-0.1, -0.05) is 30.2 Å². The number of benzene rings is 1. The van der Waals surface area contributed by atoms with Crippen molar-refractivity contribution in [3.05, 3.63) is 52.7 Å². The summed E-state index contributed by atoms with van der Waals surface area (Å²) < 4.78 is 1.63. The first-order valence-electron chi connectivity index (χ1n) is 9.96. The molecule has 0 bridgehead atoms. The zero-order valence-electron chi connectivity index (χ0n) is 16.2. The molecule has 0 aliphatic heterocycles. The fraction of sp³-hybridized carbons (Fsp3) is 0.364. The van der Waals surface area contributed by atoms with Gasteiger partial charge in [-0.2, -0.15) is 0 Å². The first-order chi connectivity index (χ1) is 14.0. The molecule has 1 atom stereocenters. The molecule has 29 heavy (non-hydrogen) atoms. The van der Waals surface area contributed by atoms with Gasteiger partial charge in [-0.25, -0.2) is 0 Å². The summed E-state index contributed by atoms with van der Waals surface area (Å²) in [5, 5.41) is 22.6. The first kappa shape index (κ1) is 20.3. The van der Waals surface area contributed by atoms with Gasteiger partial charge in [0, 0.05) is 56.5 Å². The maximum atomic E-state index is 10.4. The van der Waals surface area contributed by atoms with Crippen molar-refractivity contribution >= 4 is 34.3 Å². The van der Waals surface area contributed by atoms with E-state index < -0.39 is 0 Å². The Morgan fingerprint density at radius 2 is 1.86 bits per heavy atom. The number of thioether (sulfide) groups is 1. The van der Waals surface area contributed by atoms with Crippen molar-refractivity contribution in [2.75, 3.05) is 5.75 Å². The van der Waals surface area contributed by atoms with Gasteiger partial charge in [0.05, 0.1) is 0 Å². The third kappa shape index (κ3) is 4.29. The van der Waals surface area contributed by atoms with Crippen LogP contribution in [0, 0.1) is 0 Å². The van der Waals surface area contributed by atoms with Gasteiger partial charge in [-0.05, 0) is 43.9 Å². The second-order valence-electron chi connectivity index (χ2n) is 7.55. The van der Waals surface area contributed by atoms with E-state index in [0.29, 0.717) is 19.4 Å². The molecule has 2 aromatic heterocycles. The van der Waals surface area contributed by atoms with Gasteiger partial charge in [0.15, 0.2) is 11.8 Å². The number of nitrogens with one attached hydrogen (secondary N) is 1. The third-order valence-corrected chi connectivity index (χ3v) is 6.97. The van der Waals surface area contributed by atoms with E-state index in [-0.39, 0.29) is 17.8 Å². The van der Waals surface area contributed by atoms with Gasteiger partial charge >= 0.3 is 0 Å². The average Bonchev–Trinajstić information content (AvgIpc) is 3.23. The molecule has 1 aliphatic carbocycles. The summed E-state index contributed by atoms with van der Waals surface area (Å²) in [6.07, 6.45) is 10.2. The minimum absolute atomic E-state index is 0.0911. The molecule has 0 saturated heterocycles. The standard InChI is InChI=1S/C22H26ClN3O2S/c23-14-8-9-19-18(11-14)20(12-25-19)29-13-15(24)5-3-4-10-26-21(27)16-6-1-2-7-17(16)22(26)28/h1-2,8-9,11-12,15,25,27-28H,3-7,10,13,24H2. The summed E-state index contributed by atoms with van der Waals surface area (Å²) in [5.41, 5.74) is 9.11. The van der Waals surface area contributed by atoms with E-state index in [9.17, 15) is 10.2 Å². The van der Waals surface area contributed by atoms with Crippen LogP contribution in [0.4, 0.5) is 0 Å². The van der Waals surface area contributed by atoms with Crippen LogP contribution < -0.4 is 5.73 Å². The predicted molar refractivity (Wildman–Crippen MR) is 120 cm³/mol. The van der Waals surface area contributed by atoms with Crippen LogP contribution in [0.1, 0.15) is 30.4 Å². The molecule has 7 heteroatoms. The zero-order chi connectivity index (χ0) is 20.4. The third-order valence-electron chi connectivity index (χ3n) is 5.49. The Hall–Kier alpha value is -2.02. The van der Waals surface area contributed by atoms with E-state index in [1.54, 1.807) is 16.3 Å². The second-order valence-corrected chi connectivity index (χ2v) is 9.04. The van der Waals surface area contributed by atoms with Crippen molar-refractivity contribution in [3.8, 4) is 11.8 Å². The van der Waals surface area contributed by atoms with Gasteiger partial charge < -0.3 is 20.9 Å². The lowest BCUT2D eigenvalue weighted by Crippen LogP contribution is -2.22. The monoisotopic (exact) mass is 431 g/mol. The molecular formula is C22H26ClN3O2S. The van der Waals surface area contributed by atoms with E-state index in [0.717, 1.165) is 52.1 Å². The van der Waals surface area contributed by atoms with E-state index in [4.69, 9.17) is 17.3 Å². The summed E-state index contributed by atoms with van der Waals surface area (Å²) in [4.78, 5) is 4.43. The number of nitrogens with two attached hydrogens (primary N) is 1. The number of halogens is 1. The number of aromatic hydroxyl groups is 2. The van der Waals surface area contributed by atoms with Crippen LogP contribution in [0.5, 0.6) is 11.8 Å². The maximum absolute atomic E-state index is 10.4. The van der Waals surface area contributed by atoms with Crippen molar-refractivity contribution in [2.45, 2.75) is 49.6 Å². The molecule has 5 nitrogen and oxygen atoms in total. The lowest BCUT2D eigenvalue weighted by atomic mass is 10.0. The quantitative estimate of drug-likeness (QED) is 0.230. The summed E-state index contributed by atoms with van der Waals surface area (Å²) >= 11 is 7.86. The minimum atomic E-state index is 0.0911. The fourth-order valence-corrected chi connectivity index (χ4v) is 5.08. The number of nitrogens with zero attached hydrogens (tertiary/aromatic N) is 1. The number of allylic oxidation sites excluding steroid dienone is 2. The molecule has 5 N–H and O–H groups in total. The highest BCUT2D eigenvalue weighted by Gasteiger charge is 2.22. The normalized spacial score (nSPS) is 14.4. The Bertz CT molecular complexity index is 1010. The average molecular weight is 432 g/mol. The van der Waals surface area contributed by atoms with E-state index in [1.165, 1.54) is 4.90 Å². The molecule has 3 aromatic rings. The Morgan fingerprint density at radius 3 is 2.59 bits per heavy atom. The summed E-state index contributed by atoms with van der Waals surface area (Å²) in [6.45, 7) is 0.603. The Kier molecular flexibility index (Phi) is 6.13. The number of aromatic amines is 1. The molecule has 0 saturated carbocycles. The van der Waals surface area contributed by atoms with Crippen molar-refractivity contribution in [3.63, 3.8) is 0 Å². The molecule has 2 heterocycles. The molecule has 0 fully saturated rings. The number of hydrogen-bond acceptors (Lipinski definition) is 4. The highest BCUT2D eigenvalue weighted by Crippen LogP contribution is 2.37. The van der Waals surface area contributed by atoms with E-state index in [1.807, 2.05) is 36.5 Å². The smallest absolute Gasteiger partial charge is 0.197 e. The largest absolute Gasteiger partial charge is 0.494 e. The summed E-state index contributed by atoms with van der Waals surface area (Å²) in [6, 6.07) is 5.94. The molecule has 1 aliphatic rings. The number of hydrogen-bond donors (Lipinski definition) is 4. The second kappa shape index (κ2) is 8.78. The first-order valence-corrected chi connectivity index (χ1v) is 11.3. The molecule has 1 aromatic carbocycles. The highest BCUT2D eigenvalue weighted by atomic mass is 35.5. The summed E-state index contributed by atoms with van der Waals surface area (Å²) in [5.74, 6) is 1.25. The highest BCUT2D eigenvalue weighted by molar-refractivity contribution is 7.99. The topological polar surface area (TPSA) is 87.2 Å². The van der Waals surface area contributed by atoms with Crippen LogP contribution in [0.3, 0.4) is 0 Å². The SMILES string of the molecule is NC(CCCCn1c(O)c2c(c1O)CC=CC2)CSc1c[nH]c2ccc(Cl)cc12. The van der Waals surface area contributed by atoms with E-state index in [2.05, 4.69) is 4.98 Å². The van der Waals surface area contributed by atoms with Crippen molar-refractivity contribution in [1.29, 1.82) is 0 Å². The molecule has 0 radical (unpaired) electrons. The Balaban J connectivity index is 1.25. The van der Waals surface area contributed by atoms with Crippen molar-refractivity contribution < 1.29 is 10.2 Å². The predicted octanol–water partition coefficient (Wildman–Crippen LogP) is 4.98. The fourth-order valence-electron chi connectivity index (χ4n) is 3.88. The Morgan fingerprint density at radius 1 is 1.14 bits per heavy atom. The van der Waals surface area contributed by atoms with Crippen LogP contribution >= 0.6 is 23.4 Å². The molecule has 4 rings (SSSR count). The molecular weight excluding hydrogens is 406 g/mol. The molecule has 154 valence electrons. The van der Waals surface area contributed by atoms with Crippen LogP contribution in [0.25, 0.3) is 10.9 Å². The van der Waals surface area contributed by atoms with Gasteiger partial charge in [0.25, 0.3) is 0 Å². The number of aromatic nitrogens is 2. The lowest BCUT2D eigenvalue weighted by Gasteiger charge is -2.12. The van der Waals surface area contributed by atoms with Gasteiger partial charge in [0.2, 0.25) is 0 Å². The lowest BCUT2D eigenvalue weighted by molar-refractivity contribution is 0.359. The molecule has 0 amide bonds. The maximum Gasteiger partial charge on any atom is 0.197 e. The number of fused-ring (bicyclic) bond motifs is 2. The molecule has 0 spiro atoms. The Labute approximate surface area is 179 Å². The van der Waals surface area contributed by atoms with Gasteiger partial charge in [-0.3, -0.25) is 4.57 Å². The summed E-state index contributed by atoms with van der Waals surface area (Å²) in [7, 11) is 0. The molecule has 1 unspecified atom stereocenters. The van der Waals surface area contributed by atoms with Crippen molar-refractivity contribution in [2.24, 2.45) is 5.73 Å². The van der Waals surface area contributed by atoms with Crippen LogP contribution in [0.15, 0.2) is 41.4 Å². The minimum Gasteiger partial charge on any atom is -0.494 e. The van der Waals surface area contributed by atoms with Crippen LogP contribution in [0.2, 0.25) is 5.02 Å². The van der Waals surface area contributed by atoms with Crippen LogP contribution in [-0.4, -0.2) is 31.6 Å². The van der Waals surface area contributed by atoms with Crippen molar-refractivity contribution in [1.82, 2.24) is 9.55 Å². The number of rotatable bonds is 8. The number of unbranched alkanes of at least 4 members (excludes halogenated alkanes) is 1.